The molecule has 0 aromatic carbocycles. The molecule has 0 unspecified atom stereocenters. The van der Waals surface area contributed by atoms with Crippen LogP contribution in [0.4, 0.5) is 0 Å². The summed E-state index contributed by atoms with van der Waals surface area (Å²) in [6, 6.07) is 0. The van der Waals surface area contributed by atoms with E-state index in [9.17, 15) is 4.79 Å². The van der Waals surface area contributed by atoms with Crippen molar-refractivity contribution in [3.05, 3.63) is 0 Å². The van der Waals surface area contributed by atoms with Gasteiger partial charge in [0, 0.05) is 6.42 Å². The fourth-order valence-electron chi connectivity index (χ4n) is 1.24. The lowest BCUT2D eigenvalue weighted by molar-refractivity contribution is -0.119. The molecule has 0 aliphatic rings. The van der Waals surface area contributed by atoms with Crippen molar-refractivity contribution >= 4 is 40.6 Å². The van der Waals surface area contributed by atoms with Gasteiger partial charge in [0.1, 0.15) is 5.78 Å². The summed E-state index contributed by atoms with van der Waals surface area (Å²) in [5.74, 6) is 0.0431. The summed E-state index contributed by atoms with van der Waals surface area (Å²) < 4.78 is -1.42. The Balaban J connectivity index is 3.36. The van der Waals surface area contributed by atoms with Crippen LogP contribution in [0.5, 0.6) is 0 Å². The number of rotatable bonds is 7. The molecule has 84 valence electrons. The molecule has 4 heteroatoms. The van der Waals surface area contributed by atoms with Crippen LogP contribution in [0.1, 0.15) is 51.9 Å². The highest BCUT2D eigenvalue weighted by molar-refractivity contribution is 6.68. The molecule has 14 heavy (non-hydrogen) atoms. The topological polar surface area (TPSA) is 17.1 Å². The molecule has 0 saturated carbocycles. The molecular weight excluding hydrogens is 242 g/mol. The molecule has 0 aromatic heterocycles. The zero-order chi connectivity index (χ0) is 11.0. The zero-order valence-corrected chi connectivity index (χ0v) is 10.8. The maximum atomic E-state index is 11.2. The molecule has 0 aliphatic carbocycles. The first kappa shape index (κ1) is 14.5. The summed E-state index contributed by atoms with van der Waals surface area (Å²) >= 11 is 16.5. The number of Topliss-reactive ketones (excluding diaryl/α,β-unsaturated/α-hetero) is 1. The van der Waals surface area contributed by atoms with Gasteiger partial charge in [-0.3, -0.25) is 4.79 Å². The molecule has 0 aromatic rings. The summed E-state index contributed by atoms with van der Waals surface area (Å²) in [5, 5.41) is 0. The highest BCUT2D eigenvalue weighted by Gasteiger charge is 2.23. The predicted molar refractivity (Wildman–Crippen MR) is 63.3 cm³/mol. The van der Waals surface area contributed by atoms with Gasteiger partial charge in [0.15, 0.2) is 3.79 Å². The maximum Gasteiger partial charge on any atom is 0.197 e. The smallest absolute Gasteiger partial charge is 0.197 e. The van der Waals surface area contributed by atoms with Crippen molar-refractivity contribution in [2.24, 2.45) is 0 Å². The second-order valence-electron chi connectivity index (χ2n) is 3.49. The number of hydrogen-bond donors (Lipinski definition) is 0. The Labute approximate surface area is 101 Å². The van der Waals surface area contributed by atoms with Gasteiger partial charge in [-0.15, -0.1) is 0 Å². The SMILES string of the molecule is CCCCCCCC(=O)CC(Cl)(Cl)Cl. The van der Waals surface area contributed by atoms with Crippen molar-refractivity contribution in [1.82, 2.24) is 0 Å². The Morgan fingerprint density at radius 3 is 2.14 bits per heavy atom. The molecule has 0 heterocycles. The van der Waals surface area contributed by atoms with E-state index in [0.29, 0.717) is 6.42 Å². The third-order valence-electron chi connectivity index (χ3n) is 1.96. The Hall–Kier alpha value is 0.540. The fraction of sp³-hybridized carbons (Fsp3) is 0.900. The van der Waals surface area contributed by atoms with Crippen LogP contribution in [0.25, 0.3) is 0 Å². The van der Waals surface area contributed by atoms with Crippen LogP contribution in [0, 0.1) is 0 Å². The van der Waals surface area contributed by atoms with Crippen LogP contribution in [0.15, 0.2) is 0 Å². The van der Waals surface area contributed by atoms with Crippen LogP contribution < -0.4 is 0 Å². The normalized spacial score (nSPS) is 11.7. The van der Waals surface area contributed by atoms with Gasteiger partial charge in [0.05, 0.1) is 6.42 Å². The van der Waals surface area contributed by atoms with Crippen molar-refractivity contribution in [2.75, 3.05) is 0 Å². The van der Waals surface area contributed by atoms with Crippen LogP contribution in [-0.4, -0.2) is 9.58 Å². The third kappa shape index (κ3) is 10.6. The quantitative estimate of drug-likeness (QED) is 0.479. The Bertz CT molecular complexity index is 163. The molecule has 0 rings (SSSR count). The van der Waals surface area contributed by atoms with E-state index in [1.807, 2.05) is 0 Å². The van der Waals surface area contributed by atoms with E-state index in [-0.39, 0.29) is 12.2 Å². The van der Waals surface area contributed by atoms with Crippen LogP contribution in [-0.2, 0) is 4.79 Å². The van der Waals surface area contributed by atoms with Gasteiger partial charge in [-0.05, 0) is 6.42 Å². The number of hydrogen-bond acceptors (Lipinski definition) is 1. The van der Waals surface area contributed by atoms with Crippen molar-refractivity contribution < 1.29 is 4.79 Å². The highest BCUT2D eigenvalue weighted by Crippen LogP contribution is 2.30. The van der Waals surface area contributed by atoms with E-state index in [2.05, 4.69) is 6.92 Å². The number of halogens is 3. The molecule has 0 fully saturated rings. The molecular formula is C10H17Cl3O. The number of carbonyl (C=O) groups excluding carboxylic acids is 1. The van der Waals surface area contributed by atoms with Gasteiger partial charge < -0.3 is 0 Å². The number of ketones is 1. The summed E-state index contributed by atoms with van der Waals surface area (Å²) in [4.78, 5) is 11.2. The molecule has 0 N–H and O–H groups in total. The van der Waals surface area contributed by atoms with Gasteiger partial charge >= 0.3 is 0 Å². The van der Waals surface area contributed by atoms with Gasteiger partial charge in [0.2, 0.25) is 0 Å². The molecule has 0 amide bonds. The number of carbonyl (C=O) groups is 1. The first-order valence-corrected chi connectivity index (χ1v) is 6.17. The van der Waals surface area contributed by atoms with Crippen LogP contribution >= 0.6 is 34.8 Å². The van der Waals surface area contributed by atoms with Crippen molar-refractivity contribution in [3.8, 4) is 0 Å². The monoisotopic (exact) mass is 258 g/mol. The summed E-state index contributed by atoms with van der Waals surface area (Å²) in [5.41, 5.74) is 0. The first-order valence-electron chi connectivity index (χ1n) is 5.04. The molecule has 0 atom stereocenters. The zero-order valence-electron chi connectivity index (χ0n) is 8.49. The Morgan fingerprint density at radius 1 is 1.07 bits per heavy atom. The average molecular weight is 260 g/mol. The van der Waals surface area contributed by atoms with Gasteiger partial charge in [0.25, 0.3) is 0 Å². The Morgan fingerprint density at radius 2 is 1.64 bits per heavy atom. The Kier molecular flexibility index (Phi) is 8.08. The maximum absolute atomic E-state index is 11.2. The predicted octanol–water partition coefficient (Wildman–Crippen LogP) is 4.68. The minimum absolute atomic E-state index is 0.0332. The molecule has 0 spiro atoms. The number of unbranched alkanes of at least 4 members (excludes halogenated alkanes) is 4. The molecule has 0 saturated heterocycles. The lowest BCUT2D eigenvalue weighted by atomic mass is 10.1. The van der Waals surface area contributed by atoms with E-state index in [0.717, 1.165) is 12.8 Å². The van der Waals surface area contributed by atoms with E-state index >= 15 is 0 Å². The average Bonchev–Trinajstić information content (AvgIpc) is 2.00. The third-order valence-corrected chi connectivity index (χ3v) is 2.36. The molecule has 0 bridgehead atoms. The molecule has 0 aliphatic heterocycles. The van der Waals surface area contributed by atoms with Gasteiger partial charge in [-0.2, -0.15) is 0 Å². The van der Waals surface area contributed by atoms with E-state index in [1.54, 1.807) is 0 Å². The van der Waals surface area contributed by atoms with Gasteiger partial charge in [-0.25, -0.2) is 0 Å². The van der Waals surface area contributed by atoms with Gasteiger partial charge in [-0.1, -0.05) is 67.4 Å². The van der Waals surface area contributed by atoms with Crippen molar-refractivity contribution in [1.29, 1.82) is 0 Å². The fourth-order valence-corrected chi connectivity index (χ4v) is 1.68. The lowest BCUT2D eigenvalue weighted by Crippen LogP contribution is -2.10. The highest BCUT2D eigenvalue weighted by atomic mass is 35.6. The van der Waals surface area contributed by atoms with Crippen LogP contribution in [0.2, 0.25) is 0 Å². The van der Waals surface area contributed by atoms with Crippen LogP contribution in [0.3, 0.4) is 0 Å². The second kappa shape index (κ2) is 7.78. The molecule has 0 radical (unpaired) electrons. The van der Waals surface area contributed by atoms with Crippen molar-refractivity contribution in [3.63, 3.8) is 0 Å². The summed E-state index contributed by atoms with van der Waals surface area (Å²) in [7, 11) is 0. The summed E-state index contributed by atoms with van der Waals surface area (Å²) in [6.07, 6.45) is 6.22. The standard InChI is InChI=1S/C10H17Cl3O/c1-2-3-4-5-6-7-9(14)8-10(11,12)13/h2-8H2,1H3. The number of alkyl halides is 3. The lowest BCUT2D eigenvalue weighted by Gasteiger charge is -2.08. The summed E-state index contributed by atoms with van der Waals surface area (Å²) in [6.45, 7) is 2.16. The first-order chi connectivity index (χ1) is 6.45. The van der Waals surface area contributed by atoms with E-state index < -0.39 is 3.79 Å². The van der Waals surface area contributed by atoms with Crippen molar-refractivity contribution in [2.45, 2.75) is 55.7 Å². The largest absolute Gasteiger partial charge is 0.300 e. The molecule has 1 nitrogen and oxygen atoms in total. The second-order valence-corrected chi connectivity index (χ2v) is 6.01. The minimum atomic E-state index is -1.42. The van der Waals surface area contributed by atoms with E-state index in [1.165, 1.54) is 19.3 Å². The minimum Gasteiger partial charge on any atom is -0.300 e. The van der Waals surface area contributed by atoms with E-state index in [4.69, 9.17) is 34.8 Å².